The molecule has 0 aliphatic carbocycles. The zero-order valence-electron chi connectivity index (χ0n) is 9.84. The first kappa shape index (κ1) is 17.3. The number of esters is 1. The van der Waals surface area contributed by atoms with Crippen molar-refractivity contribution in [3.05, 3.63) is 0 Å². The first-order valence-corrected chi connectivity index (χ1v) is 5.08. The van der Waals surface area contributed by atoms with Crippen LogP contribution in [-0.2, 0) is 14.3 Å². The van der Waals surface area contributed by atoms with Crippen LogP contribution in [0.4, 0.5) is 0 Å². The number of carboxylic acids is 1. The Morgan fingerprint density at radius 3 is 1.88 bits per heavy atom. The molecule has 0 bridgehead atoms. The number of carboxylic acid groups (broad SMARTS) is 1. The van der Waals surface area contributed by atoms with E-state index in [2.05, 4.69) is 4.74 Å². The number of hydrogen-bond acceptors (Lipinski definition) is 5. The molecule has 96 valence electrons. The molecule has 6 nitrogen and oxygen atoms in total. The van der Waals surface area contributed by atoms with Gasteiger partial charge in [-0.1, -0.05) is 13.3 Å². The van der Waals surface area contributed by atoms with Crippen LogP contribution in [-0.4, -0.2) is 46.1 Å². The third-order valence-corrected chi connectivity index (χ3v) is 1.44. The van der Waals surface area contributed by atoms with Crippen molar-refractivity contribution in [3.63, 3.8) is 0 Å². The number of carbonyl (C=O) groups is 2. The van der Waals surface area contributed by atoms with E-state index in [0.29, 0.717) is 6.61 Å². The fourth-order valence-corrected chi connectivity index (χ4v) is 0.438. The summed E-state index contributed by atoms with van der Waals surface area (Å²) < 4.78 is 4.65. The summed E-state index contributed by atoms with van der Waals surface area (Å²) in [5.41, 5.74) is 0. The smallest absolute Gasteiger partial charge is 0.334 e. The van der Waals surface area contributed by atoms with Gasteiger partial charge in [0.2, 0.25) is 0 Å². The quantitative estimate of drug-likeness (QED) is 0.464. The Balaban J connectivity index is 0. The van der Waals surface area contributed by atoms with Gasteiger partial charge in [0.15, 0.2) is 0 Å². The molecular formula is C10H20O6. The second-order valence-electron chi connectivity index (χ2n) is 3.21. The second-order valence-corrected chi connectivity index (χ2v) is 3.21. The Morgan fingerprint density at radius 2 is 1.62 bits per heavy atom. The largest absolute Gasteiger partial charge is 0.479 e. The zero-order valence-corrected chi connectivity index (χ0v) is 9.84. The van der Waals surface area contributed by atoms with Crippen molar-refractivity contribution in [2.75, 3.05) is 6.61 Å². The van der Waals surface area contributed by atoms with Crippen molar-refractivity contribution in [3.8, 4) is 0 Å². The maximum absolute atomic E-state index is 10.5. The van der Waals surface area contributed by atoms with Gasteiger partial charge < -0.3 is 20.1 Å². The monoisotopic (exact) mass is 236 g/mol. The van der Waals surface area contributed by atoms with Crippen LogP contribution < -0.4 is 0 Å². The van der Waals surface area contributed by atoms with Gasteiger partial charge >= 0.3 is 11.9 Å². The van der Waals surface area contributed by atoms with Crippen molar-refractivity contribution in [2.45, 2.75) is 45.8 Å². The van der Waals surface area contributed by atoms with E-state index in [-0.39, 0.29) is 0 Å². The van der Waals surface area contributed by atoms with Gasteiger partial charge in [-0.25, -0.2) is 9.59 Å². The zero-order chi connectivity index (χ0) is 13.1. The summed E-state index contributed by atoms with van der Waals surface area (Å²) >= 11 is 0. The predicted octanol–water partition coefficient (Wildman–Crippen LogP) is 0.162. The number of carbonyl (C=O) groups excluding carboxylic acids is 1. The van der Waals surface area contributed by atoms with E-state index in [9.17, 15) is 9.59 Å². The van der Waals surface area contributed by atoms with Crippen LogP contribution in [0, 0.1) is 0 Å². The molecule has 6 heteroatoms. The molecule has 0 fully saturated rings. The first-order chi connectivity index (χ1) is 7.32. The molecule has 0 aliphatic rings. The number of rotatable bonds is 5. The molecule has 0 aromatic heterocycles. The topological polar surface area (TPSA) is 104 Å². The normalized spacial score (nSPS) is 13.1. The Labute approximate surface area is 94.8 Å². The van der Waals surface area contributed by atoms with Gasteiger partial charge in [-0.05, 0) is 20.3 Å². The fraction of sp³-hybridized carbons (Fsp3) is 0.800. The predicted molar refractivity (Wildman–Crippen MR) is 56.9 cm³/mol. The third-order valence-electron chi connectivity index (χ3n) is 1.44. The molecule has 0 radical (unpaired) electrons. The number of hydrogen-bond donors (Lipinski definition) is 3. The molecule has 2 unspecified atom stereocenters. The molecule has 16 heavy (non-hydrogen) atoms. The summed E-state index contributed by atoms with van der Waals surface area (Å²) in [6.07, 6.45) is -0.368. The molecule has 3 N–H and O–H groups in total. The maximum atomic E-state index is 10.5. The maximum Gasteiger partial charge on any atom is 0.334 e. The van der Waals surface area contributed by atoms with Gasteiger partial charge in [0.05, 0.1) is 6.61 Å². The van der Waals surface area contributed by atoms with E-state index in [1.165, 1.54) is 13.8 Å². The van der Waals surface area contributed by atoms with E-state index >= 15 is 0 Å². The summed E-state index contributed by atoms with van der Waals surface area (Å²) in [5.74, 6) is -1.72. The molecule has 0 rings (SSSR count). The summed E-state index contributed by atoms with van der Waals surface area (Å²) in [5, 5.41) is 24.4. The number of aliphatic hydroxyl groups is 2. The minimum atomic E-state index is -1.23. The number of aliphatic hydroxyl groups excluding tert-OH is 2. The highest BCUT2D eigenvalue weighted by Crippen LogP contribution is 1.91. The molecule has 0 aliphatic heterocycles. The van der Waals surface area contributed by atoms with Gasteiger partial charge in [-0.3, -0.25) is 0 Å². The van der Waals surface area contributed by atoms with Crippen molar-refractivity contribution in [2.24, 2.45) is 0 Å². The summed E-state index contributed by atoms with van der Waals surface area (Å²) in [4.78, 5) is 20.0. The third kappa shape index (κ3) is 12.9. The number of ether oxygens (including phenoxy) is 1. The van der Waals surface area contributed by atoms with Crippen LogP contribution in [0.5, 0.6) is 0 Å². The Kier molecular flexibility index (Phi) is 11.2. The molecule has 0 spiro atoms. The number of aliphatic carboxylic acids is 1. The van der Waals surface area contributed by atoms with E-state index in [4.69, 9.17) is 15.3 Å². The highest BCUT2D eigenvalue weighted by Gasteiger charge is 2.08. The van der Waals surface area contributed by atoms with Gasteiger partial charge in [-0.2, -0.15) is 0 Å². The number of unbranched alkanes of at least 4 members (excludes halogenated alkanes) is 1. The van der Waals surface area contributed by atoms with Crippen LogP contribution in [0.1, 0.15) is 33.6 Å². The summed E-state index contributed by atoms with van der Waals surface area (Å²) in [6, 6.07) is 0. The standard InChI is InChI=1S/C7H14O3.C3H6O3/c1-3-4-5-10-7(9)6(2)8;1-2(4)3(5)6/h6,8H,3-5H2,1-2H3;2,4H,1H3,(H,5,6). The van der Waals surface area contributed by atoms with Gasteiger partial charge in [-0.15, -0.1) is 0 Å². The highest BCUT2D eigenvalue weighted by molar-refractivity contribution is 5.73. The minimum Gasteiger partial charge on any atom is -0.479 e. The lowest BCUT2D eigenvalue weighted by atomic mass is 10.3. The summed E-state index contributed by atoms with van der Waals surface area (Å²) in [7, 11) is 0. The lowest BCUT2D eigenvalue weighted by molar-refractivity contribution is -0.152. The van der Waals surface area contributed by atoms with Crippen LogP contribution in [0.25, 0.3) is 0 Å². The molecule has 0 saturated heterocycles. The molecule has 0 aromatic carbocycles. The SMILES string of the molecule is CC(O)C(=O)O.CCCCOC(=O)C(C)O. The van der Waals surface area contributed by atoms with Crippen molar-refractivity contribution in [1.29, 1.82) is 0 Å². The van der Waals surface area contributed by atoms with E-state index in [0.717, 1.165) is 12.8 Å². The van der Waals surface area contributed by atoms with Crippen molar-refractivity contribution >= 4 is 11.9 Å². The van der Waals surface area contributed by atoms with E-state index in [1.807, 2.05) is 6.92 Å². The lowest BCUT2D eigenvalue weighted by Crippen LogP contribution is -2.19. The van der Waals surface area contributed by atoms with Gasteiger partial charge in [0.25, 0.3) is 0 Å². The average molecular weight is 236 g/mol. The Morgan fingerprint density at radius 1 is 1.19 bits per heavy atom. The van der Waals surface area contributed by atoms with E-state index < -0.39 is 24.1 Å². The fourth-order valence-electron chi connectivity index (χ4n) is 0.438. The first-order valence-electron chi connectivity index (χ1n) is 5.08. The molecule has 0 heterocycles. The molecule has 0 aromatic rings. The molecule has 0 saturated carbocycles. The molecular weight excluding hydrogens is 216 g/mol. The highest BCUT2D eigenvalue weighted by atomic mass is 16.5. The van der Waals surface area contributed by atoms with Crippen molar-refractivity contribution in [1.82, 2.24) is 0 Å². The Hall–Kier alpha value is -1.14. The van der Waals surface area contributed by atoms with Crippen LogP contribution in [0.2, 0.25) is 0 Å². The van der Waals surface area contributed by atoms with Gasteiger partial charge in [0.1, 0.15) is 12.2 Å². The van der Waals surface area contributed by atoms with Crippen molar-refractivity contribution < 1.29 is 29.6 Å². The molecule has 0 amide bonds. The minimum absolute atomic E-state index is 0.417. The summed E-state index contributed by atoms with van der Waals surface area (Å²) in [6.45, 7) is 5.02. The Bertz CT molecular complexity index is 199. The van der Waals surface area contributed by atoms with Crippen LogP contribution >= 0.6 is 0 Å². The second kappa shape index (κ2) is 10.4. The molecule has 2 atom stereocenters. The average Bonchev–Trinajstić information content (AvgIpc) is 2.18. The van der Waals surface area contributed by atoms with Gasteiger partial charge in [0, 0.05) is 0 Å². The van der Waals surface area contributed by atoms with Crippen LogP contribution in [0.15, 0.2) is 0 Å². The van der Waals surface area contributed by atoms with Crippen LogP contribution in [0.3, 0.4) is 0 Å². The van der Waals surface area contributed by atoms with E-state index in [1.54, 1.807) is 0 Å². The lowest BCUT2D eigenvalue weighted by Gasteiger charge is -2.04.